The Kier molecular flexibility index (Phi) is 3.65. The summed E-state index contributed by atoms with van der Waals surface area (Å²) in [6.45, 7) is 0.856. The Morgan fingerprint density at radius 1 is 1.23 bits per heavy atom. The van der Waals surface area contributed by atoms with E-state index in [1.54, 1.807) is 16.3 Å². The van der Waals surface area contributed by atoms with Crippen molar-refractivity contribution >= 4 is 39.5 Å². The third-order valence-corrected chi connectivity index (χ3v) is 7.24. The van der Waals surface area contributed by atoms with Crippen molar-refractivity contribution in [3.05, 3.63) is 39.9 Å². The second-order valence-electron chi connectivity index (χ2n) is 8.50. The van der Waals surface area contributed by atoms with Crippen molar-refractivity contribution in [2.75, 3.05) is 11.4 Å². The third-order valence-electron chi connectivity index (χ3n) is 6.83. The van der Waals surface area contributed by atoms with Crippen LogP contribution in [-0.2, 0) is 14.1 Å². The Balaban J connectivity index is 1.53. The van der Waals surface area contributed by atoms with Gasteiger partial charge in [-0.2, -0.15) is 10.1 Å². The first kappa shape index (κ1) is 18.0. The molecule has 3 N–H and O–H groups in total. The van der Waals surface area contributed by atoms with Crippen LogP contribution in [0, 0.1) is 5.92 Å². The van der Waals surface area contributed by atoms with Gasteiger partial charge in [-0.25, -0.2) is 0 Å². The molecule has 8 nitrogen and oxygen atoms in total. The molecule has 0 spiro atoms. The number of hydrogen-bond donors (Lipinski definition) is 2. The third kappa shape index (κ3) is 2.29. The van der Waals surface area contributed by atoms with Gasteiger partial charge in [-0.3, -0.25) is 14.0 Å². The zero-order valence-electron chi connectivity index (χ0n) is 16.8. The standard InChI is InChI=1S/C21H22ClN7O/c1-27-9-13-14(26-27)5-4-11(17(13)22)12-7-24-19-16(12)20(30)28(2)21(25-19)29-8-10-3-6-15(29)18(10)23/h4-5,7,9-10,15,18,24H,3,6,8,23H2,1-2H3/t10-,15-,18-/m0/s1. The molecule has 1 aliphatic heterocycles. The van der Waals surface area contributed by atoms with Gasteiger partial charge in [0.1, 0.15) is 5.65 Å². The molecule has 0 unspecified atom stereocenters. The molecule has 6 rings (SSSR count). The van der Waals surface area contributed by atoms with E-state index in [0.717, 1.165) is 41.4 Å². The van der Waals surface area contributed by atoms with Crippen molar-refractivity contribution < 1.29 is 0 Å². The van der Waals surface area contributed by atoms with Crippen LogP contribution < -0.4 is 16.2 Å². The van der Waals surface area contributed by atoms with Gasteiger partial charge >= 0.3 is 0 Å². The van der Waals surface area contributed by atoms with Crippen LogP contribution in [0.2, 0.25) is 5.02 Å². The molecule has 0 amide bonds. The van der Waals surface area contributed by atoms with E-state index in [2.05, 4.69) is 15.0 Å². The van der Waals surface area contributed by atoms with E-state index in [1.165, 1.54) is 0 Å². The van der Waals surface area contributed by atoms with Crippen LogP contribution in [0.4, 0.5) is 5.95 Å². The molecule has 4 aromatic rings. The number of hydrogen-bond acceptors (Lipinski definition) is 5. The van der Waals surface area contributed by atoms with E-state index < -0.39 is 0 Å². The predicted molar refractivity (Wildman–Crippen MR) is 118 cm³/mol. The second-order valence-corrected chi connectivity index (χ2v) is 8.88. The maximum atomic E-state index is 13.4. The Labute approximate surface area is 177 Å². The molecule has 30 heavy (non-hydrogen) atoms. The molecule has 3 aromatic heterocycles. The van der Waals surface area contributed by atoms with Gasteiger partial charge in [0.2, 0.25) is 5.95 Å². The Bertz CT molecular complexity index is 1380. The fourth-order valence-electron chi connectivity index (χ4n) is 5.28. The Hall–Kier alpha value is -2.84. The predicted octanol–water partition coefficient (Wildman–Crippen LogP) is 2.39. The summed E-state index contributed by atoms with van der Waals surface area (Å²) in [6.07, 6.45) is 5.90. The maximum absolute atomic E-state index is 13.4. The number of nitrogens with zero attached hydrogens (tertiary/aromatic N) is 5. The highest BCUT2D eigenvalue weighted by Crippen LogP contribution is 2.40. The lowest BCUT2D eigenvalue weighted by Gasteiger charge is -2.29. The fourth-order valence-corrected chi connectivity index (χ4v) is 5.60. The van der Waals surface area contributed by atoms with E-state index in [-0.39, 0.29) is 17.6 Å². The van der Waals surface area contributed by atoms with Gasteiger partial charge in [-0.15, -0.1) is 0 Å². The number of benzene rings is 1. The lowest BCUT2D eigenvalue weighted by atomic mass is 10.0. The number of fused-ring (bicyclic) bond motifs is 4. The van der Waals surface area contributed by atoms with Gasteiger partial charge in [0.25, 0.3) is 5.56 Å². The zero-order valence-corrected chi connectivity index (χ0v) is 17.5. The molecule has 9 heteroatoms. The number of aryl methyl sites for hydroxylation is 1. The van der Waals surface area contributed by atoms with E-state index in [1.807, 2.05) is 31.6 Å². The minimum Gasteiger partial charge on any atom is -0.345 e. The number of nitrogens with two attached hydrogens (primary N) is 1. The molecule has 2 bridgehead atoms. The van der Waals surface area contributed by atoms with Gasteiger partial charge in [0.05, 0.1) is 15.9 Å². The first-order chi connectivity index (χ1) is 14.4. The molecule has 3 atom stereocenters. The van der Waals surface area contributed by atoms with Crippen LogP contribution in [0.25, 0.3) is 33.1 Å². The molecule has 4 heterocycles. The Morgan fingerprint density at radius 2 is 2.07 bits per heavy atom. The summed E-state index contributed by atoms with van der Waals surface area (Å²) < 4.78 is 3.38. The maximum Gasteiger partial charge on any atom is 0.264 e. The van der Waals surface area contributed by atoms with Crippen LogP contribution in [0.3, 0.4) is 0 Å². The van der Waals surface area contributed by atoms with Crippen molar-refractivity contribution in [3.63, 3.8) is 0 Å². The summed E-state index contributed by atoms with van der Waals surface area (Å²) >= 11 is 6.71. The number of halogens is 1. The minimum absolute atomic E-state index is 0.0926. The number of H-pyrrole nitrogens is 1. The average molecular weight is 424 g/mol. The van der Waals surface area contributed by atoms with E-state index in [0.29, 0.717) is 27.9 Å². The normalized spacial score (nSPS) is 23.3. The van der Waals surface area contributed by atoms with Gasteiger partial charge in [0, 0.05) is 61.6 Å². The number of aromatic amines is 1. The monoisotopic (exact) mass is 423 g/mol. The topological polar surface area (TPSA) is 97.8 Å². The molecule has 1 aromatic carbocycles. The number of anilines is 1. The first-order valence-corrected chi connectivity index (χ1v) is 10.5. The largest absolute Gasteiger partial charge is 0.345 e. The Morgan fingerprint density at radius 3 is 2.80 bits per heavy atom. The van der Waals surface area contributed by atoms with Crippen molar-refractivity contribution in [2.45, 2.75) is 24.9 Å². The number of rotatable bonds is 2. The molecule has 2 aliphatic rings. The summed E-state index contributed by atoms with van der Waals surface area (Å²) in [4.78, 5) is 23.6. The van der Waals surface area contributed by atoms with Crippen LogP contribution in [-0.4, -0.2) is 42.9 Å². The van der Waals surface area contributed by atoms with Crippen molar-refractivity contribution in [2.24, 2.45) is 25.7 Å². The van der Waals surface area contributed by atoms with Gasteiger partial charge in [-0.05, 0) is 24.8 Å². The summed E-state index contributed by atoms with van der Waals surface area (Å²) in [6, 6.07) is 4.24. The molecule has 1 saturated carbocycles. The zero-order chi connectivity index (χ0) is 20.7. The van der Waals surface area contributed by atoms with Crippen LogP contribution in [0.15, 0.2) is 29.3 Å². The summed E-state index contributed by atoms with van der Waals surface area (Å²) in [7, 11) is 3.64. The smallest absolute Gasteiger partial charge is 0.264 e. The molecule has 1 saturated heterocycles. The molecular weight excluding hydrogens is 402 g/mol. The minimum atomic E-state index is -0.0926. The molecule has 1 aliphatic carbocycles. The first-order valence-electron chi connectivity index (χ1n) is 10.2. The molecule has 154 valence electrons. The summed E-state index contributed by atoms with van der Waals surface area (Å²) in [5, 5.41) is 6.38. The lowest BCUT2D eigenvalue weighted by molar-refractivity contribution is 0.530. The highest BCUT2D eigenvalue weighted by atomic mass is 35.5. The molecular formula is C21H22ClN7O. The van der Waals surface area contributed by atoms with Gasteiger partial charge in [0.15, 0.2) is 0 Å². The quantitative estimate of drug-likeness (QED) is 0.516. The average Bonchev–Trinajstić information content (AvgIpc) is 3.48. The number of nitrogens with one attached hydrogen (secondary N) is 1. The van der Waals surface area contributed by atoms with Gasteiger partial charge in [-0.1, -0.05) is 17.7 Å². The fraction of sp³-hybridized carbons (Fsp3) is 0.381. The van der Waals surface area contributed by atoms with E-state index >= 15 is 0 Å². The van der Waals surface area contributed by atoms with E-state index in [4.69, 9.17) is 22.3 Å². The van der Waals surface area contributed by atoms with E-state index in [9.17, 15) is 4.79 Å². The number of piperidine rings is 1. The lowest BCUT2D eigenvalue weighted by Crippen LogP contribution is -2.40. The molecule has 2 fully saturated rings. The van der Waals surface area contributed by atoms with Crippen LogP contribution in [0.5, 0.6) is 0 Å². The second kappa shape index (κ2) is 6.09. The van der Waals surface area contributed by atoms with Crippen molar-refractivity contribution in [1.29, 1.82) is 0 Å². The van der Waals surface area contributed by atoms with Crippen molar-refractivity contribution in [1.82, 2.24) is 24.3 Å². The molecule has 0 radical (unpaired) electrons. The summed E-state index contributed by atoms with van der Waals surface area (Å²) in [5.41, 5.74) is 9.21. The summed E-state index contributed by atoms with van der Waals surface area (Å²) in [5.74, 6) is 1.16. The SMILES string of the molecule is Cn1cc2c(Cl)c(-c3c[nH]c4nc(N5C[C@@H]6CC[C@H]5[C@H]6N)n(C)c(=O)c34)ccc2n1. The van der Waals surface area contributed by atoms with Crippen LogP contribution >= 0.6 is 11.6 Å². The number of aromatic nitrogens is 5. The van der Waals surface area contributed by atoms with Crippen LogP contribution in [0.1, 0.15) is 12.8 Å². The van der Waals surface area contributed by atoms with Gasteiger partial charge < -0.3 is 15.6 Å². The highest BCUT2D eigenvalue weighted by molar-refractivity contribution is 6.38. The highest BCUT2D eigenvalue weighted by Gasteiger charge is 2.46. The van der Waals surface area contributed by atoms with Crippen molar-refractivity contribution in [3.8, 4) is 11.1 Å².